The molecular weight excluding hydrogens is 174 g/mol. The van der Waals surface area contributed by atoms with Gasteiger partial charge in [-0.3, -0.25) is 4.58 Å². The topological polar surface area (TPSA) is 23.2 Å². The summed E-state index contributed by atoms with van der Waals surface area (Å²) in [5.74, 6) is 0.303. The summed E-state index contributed by atoms with van der Waals surface area (Å²) in [6, 6.07) is 7.27. The molecule has 0 amide bonds. The fraction of sp³-hybridized carbons (Fsp3) is 0.333. The maximum Gasteiger partial charge on any atom is 0.130 e. The smallest absolute Gasteiger partial charge is 0.130 e. The Labute approximate surface area is 85.5 Å². The molecule has 2 heteroatoms. The van der Waals surface area contributed by atoms with Crippen molar-refractivity contribution >= 4 is 6.72 Å². The molecule has 14 heavy (non-hydrogen) atoms. The van der Waals surface area contributed by atoms with Crippen molar-refractivity contribution in [2.45, 2.75) is 19.8 Å². The van der Waals surface area contributed by atoms with Gasteiger partial charge in [-0.1, -0.05) is 25.5 Å². The molecule has 0 saturated carbocycles. The van der Waals surface area contributed by atoms with Gasteiger partial charge in [0.15, 0.2) is 0 Å². The van der Waals surface area contributed by atoms with Crippen molar-refractivity contribution in [1.29, 1.82) is 0 Å². The van der Waals surface area contributed by atoms with Crippen LogP contribution in [0, 0.1) is 6.54 Å². The van der Waals surface area contributed by atoms with E-state index >= 15 is 0 Å². The van der Waals surface area contributed by atoms with Crippen LogP contribution in [0.3, 0.4) is 0 Å². The fourth-order valence-corrected chi connectivity index (χ4v) is 1.22. The lowest BCUT2D eigenvalue weighted by atomic mass is 10.2. The number of rotatable bonds is 5. The van der Waals surface area contributed by atoms with Gasteiger partial charge in [0.25, 0.3) is 0 Å². The van der Waals surface area contributed by atoms with E-state index in [0.717, 1.165) is 24.9 Å². The molecular formula is C12H17NO. The minimum Gasteiger partial charge on any atom is -0.551 e. The van der Waals surface area contributed by atoms with Crippen molar-refractivity contribution in [1.82, 2.24) is 0 Å². The lowest BCUT2D eigenvalue weighted by molar-refractivity contribution is -0.473. The van der Waals surface area contributed by atoms with Crippen LogP contribution in [0.25, 0.3) is 0 Å². The summed E-state index contributed by atoms with van der Waals surface area (Å²) in [6.45, 7) is 8.81. The Morgan fingerprint density at radius 1 is 1.43 bits per heavy atom. The van der Waals surface area contributed by atoms with Crippen LogP contribution in [0.2, 0.25) is 0 Å². The van der Waals surface area contributed by atoms with E-state index in [0.29, 0.717) is 5.75 Å². The summed E-state index contributed by atoms with van der Waals surface area (Å²) in [5.41, 5.74) is 0.818. The number of hydrogen-bond acceptors (Lipinski definition) is 1. The van der Waals surface area contributed by atoms with Crippen molar-refractivity contribution in [2.75, 3.05) is 6.54 Å². The lowest BCUT2D eigenvalue weighted by Gasteiger charge is -2.09. The molecule has 1 rings (SSSR count). The van der Waals surface area contributed by atoms with Crippen molar-refractivity contribution in [2.24, 2.45) is 0 Å². The van der Waals surface area contributed by atoms with Gasteiger partial charge in [0.2, 0.25) is 0 Å². The molecule has 0 radical (unpaired) electrons. The molecule has 0 bridgehead atoms. The largest absolute Gasteiger partial charge is 0.551 e. The third kappa shape index (κ3) is 3.13. The molecule has 0 aliphatic carbocycles. The Hall–Kier alpha value is -1.44. The first-order chi connectivity index (χ1) is 6.74. The quantitative estimate of drug-likeness (QED) is 0.431. The van der Waals surface area contributed by atoms with Crippen LogP contribution < -0.4 is 0 Å². The predicted molar refractivity (Wildman–Crippen MR) is 58.7 cm³/mol. The molecule has 1 aromatic carbocycles. The summed E-state index contributed by atoms with van der Waals surface area (Å²) in [5, 5.41) is 9.50. The minimum atomic E-state index is 0.303. The maximum absolute atomic E-state index is 9.50. The van der Waals surface area contributed by atoms with Gasteiger partial charge in [-0.15, -0.1) is 12.1 Å². The molecule has 0 atom stereocenters. The summed E-state index contributed by atoms with van der Waals surface area (Å²) < 4.78 is 1.86. The van der Waals surface area contributed by atoms with Gasteiger partial charge in [-0.25, -0.2) is 0 Å². The van der Waals surface area contributed by atoms with Crippen molar-refractivity contribution < 1.29 is 9.68 Å². The zero-order valence-corrected chi connectivity index (χ0v) is 8.61. The number of aromatic hydroxyl groups is 1. The van der Waals surface area contributed by atoms with E-state index in [9.17, 15) is 5.11 Å². The van der Waals surface area contributed by atoms with Gasteiger partial charge in [-0.2, -0.15) is 0 Å². The van der Waals surface area contributed by atoms with Crippen LogP contribution in [0.5, 0.6) is 5.75 Å². The summed E-state index contributed by atoms with van der Waals surface area (Å²) in [7, 11) is 0. The Bertz CT molecular complexity index is 307. The lowest BCUT2D eigenvalue weighted by Crippen LogP contribution is -2.08. The van der Waals surface area contributed by atoms with E-state index in [-0.39, 0.29) is 0 Å². The van der Waals surface area contributed by atoms with E-state index in [1.807, 2.05) is 29.3 Å². The van der Waals surface area contributed by atoms with E-state index in [4.69, 9.17) is 0 Å². The zero-order chi connectivity index (χ0) is 10.4. The van der Waals surface area contributed by atoms with Gasteiger partial charge in [0, 0.05) is 12.2 Å². The van der Waals surface area contributed by atoms with Crippen LogP contribution in [-0.2, 0) is 0 Å². The highest BCUT2D eigenvalue weighted by Gasteiger charge is 1.99. The number of phenols is 1. The second-order valence-electron chi connectivity index (χ2n) is 3.35. The number of nitrogens with zero attached hydrogens (tertiary/aromatic N) is 1. The van der Waals surface area contributed by atoms with Gasteiger partial charge in [0.1, 0.15) is 6.54 Å². The van der Waals surface area contributed by atoms with Gasteiger partial charge >= 0.3 is 0 Å². The maximum atomic E-state index is 9.50. The second-order valence-corrected chi connectivity index (χ2v) is 3.35. The average molecular weight is 191 g/mol. The molecule has 1 aromatic rings. The van der Waals surface area contributed by atoms with E-state index in [1.54, 1.807) is 6.07 Å². The van der Waals surface area contributed by atoms with Crippen molar-refractivity contribution in [3.05, 3.63) is 36.4 Å². The third-order valence-electron chi connectivity index (χ3n) is 2.06. The first-order valence-electron chi connectivity index (χ1n) is 4.94. The standard InChI is InChI=1S/C12H17NO/c1-3-4-9-13(2)10-11-7-5-6-8-12(11)14/h5-8,10,14H,2-4,9H2,1H3. The van der Waals surface area contributed by atoms with E-state index in [2.05, 4.69) is 13.6 Å². The molecule has 0 heterocycles. The van der Waals surface area contributed by atoms with Gasteiger partial charge in [0.05, 0.1) is 13.3 Å². The van der Waals surface area contributed by atoms with Crippen LogP contribution in [0.15, 0.2) is 24.3 Å². The first kappa shape index (κ1) is 10.6. The first-order valence-corrected chi connectivity index (χ1v) is 4.94. The molecule has 76 valence electrons. The van der Waals surface area contributed by atoms with Crippen LogP contribution in [-0.4, -0.2) is 22.9 Å². The Balaban J connectivity index is 2.52. The molecule has 1 N–H and O–H groups in total. The minimum absolute atomic E-state index is 0.303. The number of benzene rings is 1. The predicted octanol–water partition coefficient (Wildman–Crippen LogP) is 2.42. The summed E-state index contributed by atoms with van der Waals surface area (Å²) in [4.78, 5) is 0. The van der Waals surface area contributed by atoms with Gasteiger partial charge < -0.3 is 5.11 Å². The highest BCUT2D eigenvalue weighted by Crippen LogP contribution is 2.17. The second kappa shape index (κ2) is 5.32. The fourth-order valence-electron chi connectivity index (χ4n) is 1.22. The van der Waals surface area contributed by atoms with Crippen LogP contribution >= 0.6 is 0 Å². The van der Waals surface area contributed by atoms with E-state index in [1.165, 1.54) is 0 Å². The van der Waals surface area contributed by atoms with Crippen molar-refractivity contribution in [3.63, 3.8) is 0 Å². The third-order valence-corrected chi connectivity index (χ3v) is 2.06. The summed E-state index contributed by atoms with van der Waals surface area (Å²) >= 11 is 0. The number of hydrogen-bond donors (Lipinski definition) is 1. The molecule has 0 fully saturated rings. The number of phenolic OH excluding ortho intramolecular Hbond substituents is 1. The Morgan fingerprint density at radius 3 is 2.79 bits per heavy atom. The number of unbranched alkanes of at least 4 members (excludes halogenated alkanes) is 1. The normalized spacial score (nSPS) is 9.79. The molecule has 0 aliphatic rings. The molecule has 0 aliphatic heterocycles. The Kier molecular flexibility index (Phi) is 4.05. The van der Waals surface area contributed by atoms with Crippen molar-refractivity contribution in [3.8, 4) is 5.75 Å². The number of para-hydroxylation sites is 1. The van der Waals surface area contributed by atoms with Crippen LogP contribution in [0.4, 0.5) is 0 Å². The molecule has 0 saturated heterocycles. The Morgan fingerprint density at radius 2 is 2.14 bits per heavy atom. The highest BCUT2D eigenvalue weighted by molar-refractivity contribution is 5.36. The molecule has 0 unspecified atom stereocenters. The summed E-state index contributed by atoms with van der Waals surface area (Å²) in [6.07, 6.45) is 2.27. The average Bonchev–Trinajstić information content (AvgIpc) is 2.18. The monoisotopic (exact) mass is 191 g/mol. The molecule has 0 aromatic heterocycles. The molecule has 0 spiro atoms. The molecule has 2 nitrogen and oxygen atoms in total. The van der Waals surface area contributed by atoms with E-state index < -0.39 is 0 Å². The van der Waals surface area contributed by atoms with Crippen LogP contribution in [0.1, 0.15) is 25.3 Å². The van der Waals surface area contributed by atoms with Gasteiger partial charge in [-0.05, 0) is 5.56 Å². The zero-order valence-electron chi connectivity index (χ0n) is 8.61. The highest BCUT2D eigenvalue weighted by atomic mass is 16.3. The SMILES string of the molecule is C=[N+]([CH-]c1ccccc1O)CCCC.